The van der Waals surface area contributed by atoms with E-state index in [0.717, 1.165) is 26.2 Å². The summed E-state index contributed by atoms with van der Waals surface area (Å²) in [7, 11) is 0. The van der Waals surface area contributed by atoms with Gasteiger partial charge in [-0.15, -0.1) is 0 Å². The molecule has 1 aromatic rings. The largest absolute Gasteiger partial charge is 0.373 e. The molecule has 2 fully saturated rings. The van der Waals surface area contributed by atoms with E-state index in [4.69, 9.17) is 16.3 Å². The quantitative estimate of drug-likeness (QED) is 0.799. The Balaban J connectivity index is 1.48. The van der Waals surface area contributed by atoms with Crippen molar-refractivity contribution in [3.05, 3.63) is 34.6 Å². The lowest BCUT2D eigenvalue weighted by atomic mass is 10.1. The van der Waals surface area contributed by atoms with Crippen LogP contribution in [0.4, 0.5) is 4.39 Å². The highest BCUT2D eigenvalue weighted by Crippen LogP contribution is 2.21. The zero-order valence-corrected chi connectivity index (χ0v) is 16.3. The summed E-state index contributed by atoms with van der Waals surface area (Å²) in [5.41, 5.74) is 0.334. The third-order valence-corrected chi connectivity index (χ3v) is 5.39. The van der Waals surface area contributed by atoms with Gasteiger partial charge in [-0.1, -0.05) is 17.7 Å². The van der Waals surface area contributed by atoms with Crippen molar-refractivity contribution >= 4 is 17.5 Å². The number of hydrogen-bond acceptors (Lipinski definition) is 4. The number of hydrogen-bond donors (Lipinski definition) is 0. The van der Waals surface area contributed by atoms with Gasteiger partial charge in [-0.3, -0.25) is 14.6 Å². The summed E-state index contributed by atoms with van der Waals surface area (Å²) in [5.74, 6) is -0.114. The van der Waals surface area contributed by atoms with E-state index in [-0.39, 0.29) is 17.3 Å². The zero-order valence-electron chi connectivity index (χ0n) is 15.5. The van der Waals surface area contributed by atoms with Crippen LogP contribution in [-0.2, 0) is 16.1 Å². The lowest BCUT2D eigenvalue weighted by Gasteiger charge is -2.40. The van der Waals surface area contributed by atoms with Gasteiger partial charge in [0.2, 0.25) is 5.91 Å². The summed E-state index contributed by atoms with van der Waals surface area (Å²) < 4.78 is 19.6. The Morgan fingerprint density at radius 2 is 1.92 bits per heavy atom. The molecule has 1 amide bonds. The Bertz CT molecular complexity index is 627. The maximum absolute atomic E-state index is 13.9. The number of carbonyl (C=O) groups is 1. The molecule has 26 heavy (non-hydrogen) atoms. The third kappa shape index (κ3) is 4.94. The van der Waals surface area contributed by atoms with Gasteiger partial charge in [-0.2, -0.15) is 0 Å². The number of rotatable bonds is 4. The van der Waals surface area contributed by atoms with Crippen LogP contribution in [0.15, 0.2) is 18.2 Å². The molecule has 0 saturated carbocycles. The number of carbonyl (C=O) groups excluding carboxylic acids is 1. The summed E-state index contributed by atoms with van der Waals surface area (Å²) in [4.78, 5) is 18.8. The Hall–Kier alpha value is -1.21. The molecule has 0 radical (unpaired) electrons. The molecular formula is C19H27ClFN3O2. The normalized spacial score (nSPS) is 21.8. The van der Waals surface area contributed by atoms with Crippen molar-refractivity contribution in [3.8, 4) is 0 Å². The van der Waals surface area contributed by atoms with E-state index in [9.17, 15) is 9.18 Å². The Morgan fingerprint density at radius 3 is 2.58 bits per heavy atom. The second-order valence-electron chi connectivity index (χ2n) is 7.68. The molecule has 2 aliphatic heterocycles. The lowest BCUT2D eigenvalue weighted by molar-refractivity contribution is -0.138. The van der Waals surface area contributed by atoms with Gasteiger partial charge in [0, 0.05) is 56.4 Å². The lowest BCUT2D eigenvalue weighted by Crippen LogP contribution is -2.54. The van der Waals surface area contributed by atoms with E-state index in [1.807, 2.05) is 4.90 Å². The topological polar surface area (TPSA) is 36.0 Å². The summed E-state index contributed by atoms with van der Waals surface area (Å²) in [6.45, 7) is 10.0. The number of halogens is 2. The SMILES string of the molecule is CC1(C)CN(CC(=O)N2CCN(Cc3c(F)cccc3Cl)CC2)CCO1. The minimum atomic E-state index is -0.272. The van der Waals surface area contributed by atoms with Gasteiger partial charge in [0.25, 0.3) is 0 Å². The van der Waals surface area contributed by atoms with Crippen LogP contribution in [0.3, 0.4) is 0 Å². The van der Waals surface area contributed by atoms with Gasteiger partial charge >= 0.3 is 0 Å². The van der Waals surface area contributed by atoms with Crippen LogP contribution < -0.4 is 0 Å². The average Bonchev–Trinajstić information content (AvgIpc) is 2.58. The van der Waals surface area contributed by atoms with Crippen molar-refractivity contribution in [2.45, 2.75) is 26.0 Å². The molecule has 2 aliphatic rings. The zero-order chi connectivity index (χ0) is 18.7. The first-order chi connectivity index (χ1) is 12.3. The fourth-order valence-corrected chi connectivity index (χ4v) is 3.83. The van der Waals surface area contributed by atoms with Gasteiger partial charge in [0.05, 0.1) is 18.8 Å². The number of ether oxygens (including phenoxy) is 1. The maximum atomic E-state index is 13.9. The second-order valence-corrected chi connectivity index (χ2v) is 8.08. The Kier molecular flexibility index (Phi) is 6.17. The molecule has 144 valence electrons. The molecule has 0 aromatic heterocycles. The highest BCUT2D eigenvalue weighted by Gasteiger charge is 2.30. The molecule has 2 saturated heterocycles. The molecule has 7 heteroatoms. The van der Waals surface area contributed by atoms with Crippen LogP contribution in [-0.4, -0.2) is 78.6 Å². The highest BCUT2D eigenvalue weighted by atomic mass is 35.5. The average molecular weight is 384 g/mol. The Morgan fingerprint density at radius 1 is 1.19 bits per heavy atom. The molecule has 0 bridgehead atoms. The van der Waals surface area contributed by atoms with Crippen LogP contribution in [0.1, 0.15) is 19.4 Å². The minimum Gasteiger partial charge on any atom is -0.373 e. The summed E-state index contributed by atoms with van der Waals surface area (Å²) in [6, 6.07) is 4.76. The third-order valence-electron chi connectivity index (χ3n) is 5.03. The second kappa shape index (κ2) is 8.21. The molecular weight excluding hydrogens is 357 g/mol. The molecule has 2 heterocycles. The van der Waals surface area contributed by atoms with Crippen LogP contribution in [0.25, 0.3) is 0 Å². The van der Waals surface area contributed by atoms with Crippen molar-refractivity contribution in [2.24, 2.45) is 0 Å². The minimum absolute atomic E-state index is 0.159. The number of amides is 1. The fraction of sp³-hybridized carbons (Fsp3) is 0.632. The monoisotopic (exact) mass is 383 g/mol. The Labute approximate surface area is 159 Å². The van der Waals surface area contributed by atoms with E-state index >= 15 is 0 Å². The van der Waals surface area contributed by atoms with E-state index in [0.29, 0.717) is 43.4 Å². The summed E-state index contributed by atoms with van der Waals surface area (Å²) in [5, 5.41) is 0.457. The fourth-order valence-electron chi connectivity index (χ4n) is 3.60. The highest BCUT2D eigenvalue weighted by molar-refractivity contribution is 6.31. The molecule has 0 unspecified atom stereocenters. The van der Waals surface area contributed by atoms with Gasteiger partial charge in [-0.05, 0) is 26.0 Å². The van der Waals surface area contributed by atoms with Crippen molar-refractivity contribution < 1.29 is 13.9 Å². The summed E-state index contributed by atoms with van der Waals surface area (Å²) >= 11 is 6.11. The van der Waals surface area contributed by atoms with Crippen molar-refractivity contribution in [2.75, 3.05) is 52.4 Å². The van der Waals surface area contributed by atoms with Crippen molar-refractivity contribution in [1.82, 2.24) is 14.7 Å². The number of nitrogens with zero attached hydrogens (tertiary/aromatic N) is 3. The van der Waals surface area contributed by atoms with Crippen LogP contribution in [0.2, 0.25) is 5.02 Å². The van der Waals surface area contributed by atoms with Gasteiger partial charge in [0.15, 0.2) is 0 Å². The molecule has 0 spiro atoms. The number of benzene rings is 1. The van der Waals surface area contributed by atoms with E-state index in [1.165, 1.54) is 6.07 Å². The molecule has 0 atom stereocenters. The number of morpholine rings is 1. The molecule has 5 nitrogen and oxygen atoms in total. The predicted molar refractivity (Wildman–Crippen MR) is 99.7 cm³/mol. The first kappa shape index (κ1) is 19.5. The van der Waals surface area contributed by atoms with E-state index in [1.54, 1.807) is 12.1 Å². The number of piperazine rings is 1. The van der Waals surface area contributed by atoms with E-state index < -0.39 is 0 Å². The summed E-state index contributed by atoms with van der Waals surface area (Å²) in [6.07, 6.45) is 0. The van der Waals surface area contributed by atoms with Gasteiger partial charge in [0.1, 0.15) is 5.82 Å². The van der Waals surface area contributed by atoms with Crippen LogP contribution >= 0.6 is 11.6 Å². The standard InChI is InChI=1S/C19H27ClFN3O2/c1-19(2)14-23(10-11-26-19)13-18(25)24-8-6-22(7-9-24)12-15-16(20)4-3-5-17(15)21/h3-5H,6-14H2,1-2H3. The van der Waals surface area contributed by atoms with E-state index in [2.05, 4.69) is 23.6 Å². The van der Waals surface area contributed by atoms with Crippen LogP contribution in [0.5, 0.6) is 0 Å². The molecule has 0 N–H and O–H groups in total. The first-order valence-electron chi connectivity index (χ1n) is 9.13. The molecule has 3 rings (SSSR count). The predicted octanol–water partition coefficient (Wildman–Crippen LogP) is 2.23. The van der Waals surface area contributed by atoms with Crippen molar-refractivity contribution in [1.29, 1.82) is 0 Å². The molecule has 0 aliphatic carbocycles. The van der Waals surface area contributed by atoms with Gasteiger partial charge in [-0.25, -0.2) is 4.39 Å². The van der Waals surface area contributed by atoms with Gasteiger partial charge < -0.3 is 9.64 Å². The molecule has 1 aromatic carbocycles. The van der Waals surface area contributed by atoms with Crippen molar-refractivity contribution in [3.63, 3.8) is 0 Å². The smallest absolute Gasteiger partial charge is 0.236 e. The van der Waals surface area contributed by atoms with Crippen LogP contribution in [0, 0.1) is 5.82 Å². The first-order valence-corrected chi connectivity index (χ1v) is 9.51. The maximum Gasteiger partial charge on any atom is 0.236 e.